The number of ether oxygens (including phenoxy) is 1. The standard InChI is InChI=1S/C10H18N2O2/c1-8-7-12(4-5-14-8)10(13)9-2-3-11-6-9/h8-9,11H,2-7H2,1H3. The van der Waals surface area contributed by atoms with E-state index in [0.717, 1.165) is 32.6 Å². The van der Waals surface area contributed by atoms with Gasteiger partial charge in [0.15, 0.2) is 0 Å². The molecule has 4 nitrogen and oxygen atoms in total. The monoisotopic (exact) mass is 198 g/mol. The number of rotatable bonds is 1. The highest BCUT2D eigenvalue weighted by molar-refractivity contribution is 5.79. The lowest BCUT2D eigenvalue weighted by molar-refractivity contribution is -0.141. The minimum atomic E-state index is 0.196. The topological polar surface area (TPSA) is 41.6 Å². The molecule has 0 bridgehead atoms. The summed E-state index contributed by atoms with van der Waals surface area (Å²) in [4.78, 5) is 13.9. The van der Waals surface area contributed by atoms with E-state index < -0.39 is 0 Å². The van der Waals surface area contributed by atoms with Gasteiger partial charge in [0.05, 0.1) is 18.6 Å². The maximum atomic E-state index is 12.0. The second-order valence-corrected chi connectivity index (χ2v) is 4.16. The fraction of sp³-hybridized carbons (Fsp3) is 0.900. The summed E-state index contributed by atoms with van der Waals surface area (Å²) in [5.41, 5.74) is 0. The normalized spacial score (nSPS) is 33.4. The molecule has 2 aliphatic rings. The Labute approximate surface area is 84.6 Å². The van der Waals surface area contributed by atoms with Gasteiger partial charge in [0.1, 0.15) is 0 Å². The van der Waals surface area contributed by atoms with Crippen molar-refractivity contribution in [1.82, 2.24) is 10.2 Å². The zero-order valence-electron chi connectivity index (χ0n) is 8.66. The molecule has 2 saturated heterocycles. The molecule has 80 valence electrons. The molecule has 0 radical (unpaired) electrons. The Hall–Kier alpha value is -0.610. The van der Waals surface area contributed by atoms with E-state index in [1.165, 1.54) is 0 Å². The average molecular weight is 198 g/mol. The van der Waals surface area contributed by atoms with Gasteiger partial charge in [-0.25, -0.2) is 0 Å². The Morgan fingerprint density at radius 2 is 2.43 bits per heavy atom. The van der Waals surface area contributed by atoms with Gasteiger partial charge in [-0.2, -0.15) is 0 Å². The Bertz CT molecular complexity index is 214. The summed E-state index contributed by atoms with van der Waals surface area (Å²) in [6.07, 6.45) is 1.19. The molecule has 2 atom stereocenters. The fourth-order valence-electron chi connectivity index (χ4n) is 2.14. The van der Waals surface area contributed by atoms with E-state index in [1.807, 2.05) is 11.8 Å². The molecular formula is C10H18N2O2. The summed E-state index contributed by atoms with van der Waals surface area (Å²) in [6.45, 7) is 6.06. The second kappa shape index (κ2) is 4.28. The Morgan fingerprint density at radius 1 is 1.57 bits per heavy atom. The lowest BCUT2D eigenvalue weighted by atomic mass is 10.1. The van der Waals surface area contributed by atoms with E-state index in [-0.39, 0.29) is 12.0 Å². The summed E-state index contributed by atoms with van der Waals surface area (Å²) < 4.78 is 5.41. The van der Waals surface area contributed by atoms with Crippen molar-refractivity contribution in [2.24, 2.45) is 5.92 Å². The minimum Gasteiger partial charge on any atom is -0.375 e. The molecule has 1 N–H and O–H groups in total. The summed E-state index contributed by atoms with van der Waals surface area (Å²) in [5, 5.41) is 3.22. The van der Waals surface area contributed by atoms with Crippen LogP contribution in [0.15, 0.2) is 0 Å². The van der Waals surface area contributed by atoms with Gasteiger partial charge in [0.25, 0.3) is 0 Å². The maximum Gasteiger partial charge on any atom is 0.227 e. The van der Waals surface area contributed by atoms with Crippen LogP contribution < -0.4 is 5.32 Å². The lowest BCUT2D eigenvalue weighted by Crippen LogP contribution is -2.47. The zero-order chi connectivity index (χ0) is 9.97. The van der Waals surface area contributed by atoms with Crippen molar-refractivity contribution in [3.63, 3.8) is 0 Å². The quantitative estimate of drug-likeness (QED) is 0.637. The molecule has 0 aromatic rings. The Morgan fingerprint density at radius 3 is 3.07 bits per heavy atom. The summed E-state index contributed by atoms with van der Waals surface area (Å²) >= 11 is 0. The highest BCUT2D eigenvalue weighted by atomic mass is 16.5. The molecule has 2 fully saturated rings. The second-order valence-electron chi connectivity index (χ2n) is 4.16. The van der Waals surface area contributed by atoms with Crippen molar-refractivity contribution in [2.45, 2.75) is 19.4 Å². The first-order chi connectivity index (χ1) is 6.77. The highest BCUT2D eigenvalue weighted by Crippen LogP contribution is 2.14. The predicted octanol–water partition coefficient (Wildman–Crippen LogP) is -0.157. The zero-order valence-corrected chi connectivity index (χ0v) is 8.66. The third-order valence-electron chi connectivity index (χ3n) is 2.96. The van der Waals surface area contributed by atoms with Crippen LogP contribution in [0.4, 0.5) is 0 Å². The van der Waals surface area contributed by atoms with Crippen LogP contribution >= 0.6 is 0 Å². The van der Waals surface area contributed by atoms with Crippen molar-refractivity contribution in [1.29, 1.82) is 0 Å². The first-order valence-electron chi connectivity index (χ1n) is 5.38. The maximum absolute atomic E-state index is 12.0. The van der Waals surface area contributed by atoms with Gasteiger partial charge in [-0.05, 0) is 19.9 Å². The van der Waals surface area contributed by atoms with Gasteiger partial charge in [-0.1, -0.05) is 0 Å². The Balaban J connectivity index is 1.89. The third-order valence-corrected chi connectivity index (χ3v) is 2.96. The molecule has 0 aromatic carbocycles. The fourth-order valence-corrected chi connectivity index (χ4v) is 2.14. The number of nitrogens with one attached hydrogen (secondary N) is 1. The van der Waals surface area contributed by atoms with Gasteiger partial charge < -0.3 is 15.0 Å². The van der Waals surface area contributed by atoms with Crippen LogP contribution in [0.3, 0.4) is 0 Å². The minimum absolute atomic E-state index is 0.196. The predicted molar refractivity (Wildman–Crippen MR) is 53.0 cm³/mol. The van der Waals surface area contributed by atoms with Crippen LogP contribution in [0.2, 0.25) is 0 Å². The van der Waals surface area contributed by atoms with Crippen molar-refractivity contribution in [3.8, 4) is 0 Å². The lowest BCUT2D eigenvalue weighted by Gasteiger charge is -2.32. The SMILES string of the molecule is CC1CN(C(=O)C2CCNC2)CCO1. The van der Waals surface area contributed by atoms with Crippen molar-refractivity contribution < 1.29 is 9.53 Å². The van der Waals surface area contributed by atoms with Crippen LogP contribution in [-0.4, -0.2) is 49.7 Å². The molecule has 0 aliphatic carbocycles. The van der Waals surface area contributed by atoms with Gasteiger partial charge in [-0.3, -0.25) is 4.79 Å². The number of carbonyl (C=O) groups excluding carboxylic acids is 1. The third kappa shape index (κ3) is 2.07. The molecule has 2 aliphatic heterocycles. The molecule has 0 spiro atoms. The van der Waals surface area contributed by atoms with Gasteiger partial charge in [0, 0.05) is 19.6 Å². The summed E-state index contributed by atoms with van der Waals surface area (Å²) in [7, 11) is 0. The van der Waals surface area contributed by atoms with Gasteiger partial charge >= 0.3 is 0 Å². The smallest absolute Gasteiger partial charge is 0.227 e. The number of carbonyl (C=O) groups is 1. The molecule has 4 heteroatoms. The van der Waals surface area contributed by atoms with Gasteiger partial charge in [-0.15, -0.1) is 0 Å². The van der Waals surface area contributed by atoms with Crippen molar-refractivity contribution in [3.05, 3.63) is 0 Å². The first-order valence-corrected chi connectivity index (χ1v) is 5.38. The number of hydrogen-bond donors (Lipinski definition) is 1. The first kappa shape index (κ1) is 9.93. The summed E-state index contributed by atoms with van der Waals surface area (Å²) in [5.74, 6) is 0.519. The van der Waals surface area contributed by atoms with Crippen molar-refractivity contribution in [2.75, 3.05) is 32.8 Å². The van der Waals surface area contributed by atoms with Crippen LogP contribution in [0.5, 0.6) is 0 Å². The van der Waals surface area contributed by atoms with E-state index in [2.05, 4.69) is 5.32 Å². The van der Waals surface area contributed by atoms with Crippen LogP contribution in [-0.2, 0) is 9.53 Å². The largest absolute Gasteiger partial charge is 0.375 e. The van der Waals surface area contributed by atoms with Crippen LogP contribution in [0.1, 0.15) is 13.3 Å². The molecule has 2 unspecified atom stereocenters. The van der Waals surface area contributed by atoms with Gasteiger partial charge in [0.2, 0.25) is 5.91 Å². The molecule has 2 heterocycles. The molecule has 1 amide bonds. The number of nitrogens with zero attached hydrogens (tertiary/aromatic N) is 1. The number of hydrogen-bond acceptors (Lipinski definition) is 3. The Kier molecular flexibility index (Phi) is 3.03. The van der Waals surface area contributed by atoms with E-state index >= 15 is 0 Å². The molecule has 0 saturated carbocycles. The van der Waals surface area contributed by atoms with Crippen LogP contribution in [0, 0.1) is 5.92 Å². The van der Waals surface area contributed by atoms with E-state index in [0.29, 0.717) is 12.5 Å². The molecule has 2 rings (SSSR count). The van der Waals surface area contributed by atoms with E-state index in [9.17, 15) is 4.79 Å². The van der Waals surface area contributed by atoms with Crippen LogP contribution in [0.25, 0.3) is 0 Å². The number of amides is 1. The average Bonchev–Trinajstić information content (AvgIpc) is 2.69. The van der Waals surface area contributed by atoms with Crippen molar-refractivity contribution >= 4 is 5.91 Å². The summed E-state index contributed by atoms with van der Waals surface area (Å²) in [6, 6.07) is 0. The van der Waals surface area contributed by atoms with E-state index in [1.54, 1.807) is 0 Å². The molecule has 0 aromatic heterocycles. The molecule has 14 heavy (non-hydrogen) atoms. The number of morpholine rings is 1. The molecular weight excluding hydrogens is 180 g/mol. The highest BCUT2D eigenvalue weighted by Gasteiger charge is 2.29. The van der Waals surface area contributed by atoms with E-state index in [4.69, 9.17) is 4.74 Å².